The highest BCUT2D eigenvalue weighted by Gasteiger charge is 2.20. The van der Waals surface area contributed by atoms with Crippen LogP contribution in [0.2, 0.25) is 0 Å². The van der Waals surface area contributed by atoms with Crippen LogP contribution in [0.25, 0.3) is 10.8 Å². The minimum atomic E-state index is -3.69. The van der Waals surface area contributed by atoms with E-state index in [9.17, 15) is 13.2 Å². The van der Waals surface area contributed by atoms with Crippen molar-refractivity contribution in [3.63, 3.8) is 0 Å². The fourth-order valence-electron chi connectivity index (χ4n) is 3.91. The molecule has 0 spiro atoms. The molecule has 3 aromatic rings. The van der Waals surface area contributed by atoms with Crippen molar-refractivity contribution in [2.45, 2.75) is 30.3 Å². The van der Waals surface area contributed by atoms with Crippen LogP contribution in [0.3, 0.4) is 0 Å². The van der Waals surface area contributed by atoms with Gasteiger partial charge < -0.3 is 10.3 Å². The summed E-state index contributed by atoms with van der Waals surface area (Å²) in [5, 5.41) is 10.4. The quantitative estimate of drug-likeness (QED) is 0.596. The maximum absolute atomic E-state index is 11.9. The topological polar surface area (TPSA) is 108 Å². The highest BCUT2D eigenvalue weighted by atomic mass is 32.2. The minimum Gasteiger partial charge on any atom is -0.381 e. The Hall–Kier alpha value is -2.68. The summed E-state index contributed by atoms with van der Waals surface area (Å²) in [5.41, 5.74) is 1.84. The predicted molar refractivity (Wildman–Crippen MR) is 114 cm³/mol. The molecule has 1 fully saturated rings. The van der Waals surface area contributed by atoms with Gasteiger partial charge in [-0.3, -0.25) is 9.69 Å². The van der Waals surface area contributed by atoms with Crippen LogP contribution >= 0.6 is 0 Å². The number of H-pyrrole nitrogens is 1. The molecule has 7 nitrogen and oxygen atoms in total. The van der Waals surface area contributed by atoms with E-state index in [1.807, 2.05) is 30.3 Å². The molecule has 0 unspecified atom stereocenters. The second-order valence-corrected chi connectivity index (χ2v) is 9.08. The van der Waals surface area contributed by atoms with Gasteiger partial charge in [0.15, 0.2) is 0 Å². The van der Waals surface area contributed by atoms with Crippen LogP contribution in [0.4, 0.5) is 5.69 Å². The molecule has 0 bridgehead atoms. The normalized spacial score (nSPS) is 18.0. The molecule has 0 aliphatic carbocycles. The maximum atomic E-state index is 11.9. The number of benzene rings is 2. The van der Waals surface area contributed by atoms with Gasteiger partial charge in [0.1, 0.15) is 0 Å². The Bertz CT molecular complexity index is 1190. The second kappa shape index (κ2) is 7.98. The number of fused-ring (bicyclic) bond motifs is 1. The number of anilines is 1. The highest BCUT2D eigenvalue weighted by molar-refractivity contribution is 7.89. The smallest absolute Gasteiger partial charge is 0.255 e. The van der Waals surface area contributed by atoms with Gasteiger partial charge in [-0.05, 0) is 66.7 Å². The summed E-state index contributed by atoms with van der Waals surface area (Å²) in [6, 6.07) is 14.8. The van der Waals surface area contributed by atoms with Gasteiger partial charge in [-0.15, -0.1) is 0 Å². The molecule has 8 heteroatoms. The van der Waals surface area contributed by atoms with Crippen molar-refractivity contribution in [1.82, 2.24) is 9.88 Å². The molecule has 4 N–H and O–H groups in total. The number of rotatable bonds is 5. The molecule has 1 aromatic heterocycles. The Balaban J connectivity index is 1.44. The van der Waals surface area contributed by atoms with Crippen molar-refractivity contribution < 1.29 is 8.42 Å². The summed E-state index contributed by atoms with van der Waals surface area (Å²) in [6.45, 7) is 2.49. The van der Waals surface area contributed by atoms with Crippen molar-refractivity contribution in [2.75, 3.05) is 18.4 Å². The zero-order valence-electron chi connectivity index (χ0n) is 16.0. The lowest BCUT2D eigenvalue weighted by Gasteiger charge is -2.33. The van der Waals surface area contributed by atoms with Gasteiger partial charge in [-0.25, -0.2) is 13.6 Å². The average Bonchev–Trinajstić information content (AvgIpc) is 2.68. The zero-order chi connectivity index (χ0) is 20.4. The first-order valence-corrected chi connectivity index (χ1v) is 11.2. The van der Waals surface area contributed by atoms with Crippen molar-refractivity contribution in [3.05, 3.63) is 70.6 Å². The van der Waals surface area contributed by atoms with Crippen LogP contribution in [-0.2, 0) is 16.6 Å². The number of nitrogens with zero attached hydrogens (tertiary/aromatic N) is 1. The first-order valence-electron chi connectivity index (χ1n) is 9.60. The first-order chi connectivity index (χ1) is 13.9. The van der Waals surface area contributed by atoms with Gasteiger partial charge in [0, 0.05) is 36.4 Å². The standard InChI is InChI=1S/C21H24N4O3S/c22-29(27,28)19-5-1-3-15(11-19)13-25-10-2-4-18(14-25)24-17-6-7-20-16(12-17)8-9-23-21(20)26/h1,3,5-9,11-12,18,24H,2,4,10,13-14H2,(H,23,26)(H2,22,27,28)/t18-/m1/s1. The lowest BCUT2D eigenvalue weighted by Crippen LogP contribution is -2.41. The Labute approximate surface area is 169 Å². The minimum absolute atomic E-state index is 0.0837. The van der Waals surface area contributed by atoms with Crippen molar-refractivity contribution in [2.24, 2.45) is 5.14 Å². The highest BCUT2D eigenvalue weighted by Crippen LogP contribution is 2.21. The van der Waals surface area contributed by atoms with E-state index >= 15 is 0 Å². The monoisotopic (exact) mass is 412 g/mol. The number of pyridine rings is 1. The van der Waals surface area contributed by atoms with Crippen molar-refractivity contribution in [1.29, 1.82) is 0 Å². The van der Waals surface area contributed by atoms with E-state index in [0.717, 1.165) is 42.6 Å². The number of primary sulfonamides is 1. The molecule has 2 heterocycles. The third kappa shape index (κ3) is 4.67. The van der Waals surface area contributed by atoms with E-state index in [-0.39, 0.29) is 16.5 Å². The van der Waals surface area contributed by atoms with Crippen LogP contribution in [-0.4, -0.2) is 37.4 Å². The predicted octanol–water partition coefficient (Wildman–Crippen LogP) is 2.25. The Morgan fingerprint density at radius 2 is 2.03 bits per heavy atom. The molecule has 29 heavy (non-hydrogen) atoms. The van der Waals surface area contributed by atoms with Crippen molar-refractivity contribution in [3.8, 4) is 0 Å². The van der Waals surface area contributed by atoms with Crippen LogP contribution in [0, 0.1) is 0 Å². The lowest BCUT2D eigenvalue weighted by molar-refractivity contribution is 0.208. The van der Waals surface area contributed by atoms with E-state index in [2.05, 4.69) is 15.2 Å². The molecular weight excluding hydrogens is 388 g/mol. The molecule has 1 saturated heterocycles. The van der Waals surface area contributed by atoms with E-state index < -0.39 is 10.0 Å². The number of hydrogen-bond donors (Lipinski definition) is 3. The number of nitrogens with two attached hydrogens (primary N) is 1. The summed E-state index contributed by atoms with van der Waals surface area (Å²) >= 11 is 0. The van der Waals surface area contributed by atoms with E-state index in [1.165, 1.54) is 6.07 Å². The Kier molecular flexibility index (Phi) is 5.40. The van der Waals surface area contributed by atoms with Gasteiger partial charge in [0.25, 0.3) is 5.56 Å². The van der Waals surface area contributed by atoms with Gasteiger partial charge in [-0.1, -0.05) is 12.1 Å². The van der Waals surface area contributed by atoms with E-state index in [1.54, 1.807) is 18.3 Å². The number of likely N-dealkylation sites (tertiary alicyclic amines) is 1. The molecule has 2 aromatic carbocycles. The largest absolute Gasteiger partial charge is 0.381 e. The Morgan fingerprint density at radius 3 is 2.86 bits per heavy atom. The number of piperidine rings is 1. The zero-order valence-corrected chi connectivity index (χ0v) is 16.8. The van der Waals surface area contributed by atoms with Gasteiger partial charge >= 0.3 is 0 Å². The third-order valence-corrected chi connectivity index (χ3v) is 6.19. The second-order valence-electron chi connectivity index (χ2n) is 7.52. The van der Waals surface area contributed by atoms with Crippen molar-refractivity contribution >= 4 is 26.5 Å². The molecule has 1 aliphatic heterocycles. The summed E-state index contributed by atoms with van der Waals surface area (Å²) in [7, 11) is -3.69. The Morgan fingerprint density at radius 1 is 1.17 bits per heavy atom. The number of aromatic nitrogens is 1. The van der Waals surface area contributed by atoms with Gasteiger partial charge in [0.05, 0.1) is 4.90 Å². The fraction of sp³-hybridized carbons (Fsp3) is 0.286. The molecule has 1 atom stereocenters. The summed E-state index contributed by atoms with van der Waals surface area (Å²) in [5.74, 6) is 0. The molecule has 0 saturated carbocycles. The number of hydrogen-bond acceptors (Lipinski definition) is 5. The summed E-state index contributed by atoms with van der Waals surface area (Å²) < 4.78 is 23.2. The fourth-order valence-corrected chi connectivity index (χ4v) is 4.50. The third-order valence-electron chi connectivity index (χ3n) is 5.28. The summed E-state index contributed by atoms with van der Waals surface area (Å²) in [4.78, 5) is 17.0. The van der Waals surface area contributed by atoms with Crippen LogP contribution in [0.5, 0.6) is 0 Å². The SMILES string of the molecule is NS(=O)(=O)c1cccc(CN2CCC[C@@H](Nc3ccc4c(=O)[nH]ccc4c3)C2)c1. The van der Waals surface area contributed by atoms with Gasteiger partial charge in [0.2, 0.25) is 10.0 Å². The first kappa shape index (κ1) is 19.6. The molecule has 0 amide bonds. The van der Waals surface area contributed by atoms with Crippen LogP contribution in [0.1, 0.15) is 18.4 Å². The average molecular weight is 413 g/mol. The van der Waals surface area contributed by atoms with E-state index in [0.29, 0.717) is 11.9 Å². The lowest BCUT2D eigenvalue weighted by atomic mass is 10.0. The van der Waals surface area contributed by atoms with Crippen LogP contribution < -0.4 is 16.0 Å². The van der Waals surface area contributed by atoms with E-state index in [4.69, 9.17) is 5.14 Å². The maximum Gasteiger partial charge on any atom is 0.255 e. The molecular formula is C21H24N4O3S. The summed E-state index contributed by atoms with van der Waals surface area (Å²) in [6.07, 6.45) is 3.77. The number of nitrogens with one attached hydrogen (secondary N) is 2. The van der Waals surface area contributed by atoms with Gasteiger partial charge in [-0.2, -0.15) is 0 Å². The molecule has 0 radical (unpaired) electrons. The number of sulfonamides is 1. The molecule has 152 valence electrons. The number of aromatic amines is 1. The molecule has 1 aliphatic rings. The molecule has 4 rings (SSSR count). The van der Waals surface area contributed by atoms with Crippen LogP contribution in [0.15, 0.2) is 64.4 Å².